The van der Waals surface area contributed by atoms with Gasteiger partial charge in [-0.3, -0.25) is 19.2 Å². The molecule has 0 unspecified atom stereocenters. The molecule has 0 radical (unpaired) electrons. The summed E-state index contributed by atoms with van der Waals surface area (Å²) in [6.45, 7) is 6.44. The monoisotopic (exact) mass is 730 g/mol. The zero-order valence-electron chi connectivity index (χ0n) is 27.2. The van der Waals surface area contributed by atoms with Crippen LogP contribution in [0.4, 0.5) is 0 Å². The Morgan fingerprint density at radius 2 is 0.863 bits per heavy atom. The van der Waals surface area contributed by atoms with Gasteiger partial charge in [0.1, 0.15) is 0 Å². The summed E-state index contributed by atoms with van der Waals surface area (Å²) in [7, 11) is 0. The average Bonchev–Trinajstić information content (AvgIpc) is 3.57. The number of hydroxylamine groups is 4. The van der Waals surface area contributed by atoms with E-state index in [1.54, 1.807) is 0 Å². The minimum Gasteiger partial charge on any atom is -0.462 e. The third-order valence-corrected chi connectivity index (χ3v) is 6.62. The lowest BCUT2D eigenvalue weighted by molar-refractivity contribution is -0.198. The van der Waals surface area contributed by atoms with Crippen molar-refractivity contribution in [2.75, 3.05) is 66.1 Å². The van der Waals surface area contributed by atoms with Crippen LogP contribution in [-0.2, 0) is 76.5 Å². The van der Waals surface area contributed by atoms with Gasteiger partial charge in [0, 0.05) is 63.9 Å². The van der Waals surface area contributed by atoms with Gasteiger partial charge in [0.25, 0.3) is 23.6 Å². The summed E-state index contributed by atoms with van der Waals surface area (Å²) in [6, 6.07) is 0. The van der Waals surface area contributed by atoms with Crippen molar-refractivity contribution in [2.24, 2.45) is 5.41 Å². The van der Waals surface area contributed by atoms with Gasteiger partial charge in [-0.25, -0.2) is 19.2 Å². The first-order valence-electron chi connectivity index (χ1n) is 15.5. The molecule has 0 aromatic heterocycles. The van der Waals surface area contributed by atoms with Crippen LogP contribution in [0.5, 0.6) is 0 Å². The lowest BCUT2D eigenvalue weighted by Crippen LogP contribution is -2.42. The minimum absolute atomic E-state index is 0. The molecule has 0 spiro atoms. The molecular formula is C33H50N2O16. The molecule has 288 valence electrons. The molecule has 2 aliphatic heterocycles. The molecule has 0 aliphatic carbocycles. The lowest BCUT2D eigenvalue weighted by Gasteiger charge is -2.33. The van der Waals surface area contributed by atoms with Crippen LogP contribution in [0.3, 0.4) is 0 Å². The molecule has 0 N–H and O–H groups in total. The number of esters is 2. The number of nitrogens with zero attached hydrogens (tertiary/aromatic N) is 2. The van der Waals surface area contributed by atoms with Crippen molar-refractivity contribution in [1.82, 2.24) is 10.1 Å². The Kier molecular flexibility index (Phi) is 23.2. The first kappa shape index (κ1) is 46.5. The van der Waals surface area contributed by atoms with E-state index in [4.69, 9.17) is 38.1 Å². The van der Waals surface area contributed by atoms with Crippen molar-refractivity contribution in [3.05, 3.63) is 25.3 Å². The van der Waals surface area contributed by atoms with E-state index in [1.165, 1.54) is 0 Å². The SMILES string of the molecule is C.C.C=CC(=O)OCCCOCC(COCCCOC(=O)C=C)(COCCC(=O)ON1C(=O)CCC1=O)COCCC(=O)ON1C(=O)CCC1=O. The fourth-order valence-electron chi connectivity index (χ4n) is 4.11. The molecule has 51 heavy (non-hydrogen) atoms. The molecule has 2 fully saturated rings. The Morgan fingerprint density at radius 3 is 1.18 bits per heavy atom. The molecule has 2 rings (SSSR count). The van der Waals surface area contributed by atoms with Crippen molar-refractivity contribution in [3.63, 3.8) is 0 Å². The smallest absolute Gasteiger partial charge is 0.335 e. The summed E-state index contributed by atoms with van der Waals surface area (Å²) >= 11 is 0. The van der Waals surface area contributed by atoms with E-state index >= 15 is 0 Å². The quantitative estimate of drug-likeness (QED) is 0.0534. The second-order valence-electron chi connectivity index (χ2n) is 10.8. The Hall–Kier alpha value is -4.52. The largest absolute Gasteiger partial charge is 0.462 e. The summed E-state index contributed by atoms with van der Waals surface area (Å²) in [5.41, 5.74) is -1.05. The molecule has 0 aromatic rings. The zero-order valence-corrected chi connectivity index (χ0v) is 27.2. The summed E-state index contributed by atoms with van der Waals surface area (Å²) in [6.07, 6.45) is 1.93. The number of carbonyl (C=O) groups excluding carboxylic acids is 8. The zero-order chi connectivity index (χ0) is 36.1. The van der Waals surface area contributed by atoms with E-state index in [0.717, 1.165) is 12.2 Å². The van der Waals surface area contributed by atoms with Gasteiger partial charge in [0.05, 0.1) is 71.1 Å². The van der Waals surface area contributed by atoms with Gasteiger partial charge in [0.2, 0.25) is 0 Å². The molecule has 2 saturated heterocycles. The number of hydrogen-bond donors (Lipinski definition) is 0. The molecule has 0 aromatic carbocycles. The standard InChI is InChI=1S/C31H42N2O16.2CH4/c1-3-27(38)46-15-5-13-42-19-31(20-43-14-6-16-47-28(39)4-2,21-44-17-11-29(40)48-32-23(34)7-8-24(32)35)22-45-18-12-30(41)49-33-25(36)9-10-26(33)37;;/h3-4H,1-2,5-22H2;2*1H4. The molecule has 0 saturated carbocycles. The van der Waals surface area contributed by atoms with Gasteiger partial charge in [-0.15, -0.1) is 10.1 Å². The van der Waals surface area contributed by atoms with Crippen molar-refractivity contribution in [1.29, 1.82) is 0 Å². The maximum Gasteiger partial charge on any atom is 0.335 e. The minimum atomic E-state index is -1.05. The van der Waals surface area contributed by atoms with Crippen molar-refractivity contribution < 1.29 is 76.5 Å². The van der Waals surface area contributed by atoms with Gasteiger partial charge in [0.15, 0.2) is 0 Å². The Balaban J connectivity index is 0.0000125. The second-order valence-corrected chi connectivity index (χ2v) is 10.8. The van der Waals surface area contributed by atoms with Crippen LogP contribution in [-0.4, -0.2) is 124 Å². The predicted molar refractivity (Wildman–Crippen MR) is 174 cm³/mol. The van der Waals surface area contributed by atoms with Gasteiger partial charge in [-0.05, 0) is 0 Å². The van der Waals surface area contributed by atoms with Crippen LogP contribution >= 0.6 is 0 Å². The molecule has 0 atom stereocenters. The summed E-state index contributed by atoms with van der Waals surface area (Å²) < 4.78 is 33.1. The highest BCUT2D eigenvalue weighted by atomic mass is 16.7. The molecule has 2 heterocycles. The number of ether oxygens (including phenoxy) is 6. The van der Waals surface area contributed by atoms with Crippen LogP contribution in [0, 0.1) is 5.41 Å². The van der Waals surface area contributed by atoms with E-state index in [2.05, 4.69) is 13.2 Å². The van der Waals surface area contributed by atoms with Crippen molar-refractivity contribution in [2.45, 2.75) is 66.2 Å². The van der Waals surface area contributed by atoms with Crippen LogP contribution < -0.4 is 0 Å². The molecule has 4 amide bonds. The fourth-order valence-corrected chi connectivity index (χ4v) is 4.11. The fraction of sp³-hybridized carbons (Fsp3) is 0.636. The normalized spacial score (nSPS) is 14.0. The molecule has 0 bridgehead atoms. The highest BCUT2D eigenvalue weighted by molar-refractivity contribution is 6.02. The van der Waals surface area contributed by atoms with Gasteiger partial charge in [-0.1, -0.05) is 28.0 Å². The summed E-state index contributed by atoms with van der Waals surface area (Å²) in [5, 5.41) is 0.864. The first-order valence-corrected chi connectivity index (χ1v) is 15.5. The maximum absolute atomic E-state index is 12.2. The maximum atomic E-state index is 12.2. The third-order valence-electron chi connectivity index (χ3n) is 6.62. The Morgan fingerprint density at radius 1 is 0.549 bits per heavy atom. The number of amides is 4. The highest BCUT2D eigenvalue weighted by Gasteiger charge is 2.35. The molecule has 18 heteroatoms. The van der Waals surface area contributed by atoms with E-state index in [-0.39, 0.29) is 119 Å². The van der Waals surface area contributed by atoms with E-state index in [0.29, 0.717) is 23.0 Å². The highest BCUT2D eigenvalue weighted by Crippen LogP contribution is 2.22. The molecule has 2 aliphatic rings. The van der Waals surface area contributed by atoms with Crippen LogP contribution in [0.25, 0.3) is 0 Å². The van der Waals surface area contributed by atoms with Crippen molar-refractivity contribution >= 4 is 47.5 Å². The van der Waals surface area contributed by atoms with Gasteiger partial charge < -0.3 is 38.1 Å². The number of carbonyl (C=O) groups is 8. The molecular weight excluding hydrogens is 680 g/mol. The number of rotatable bonds is 26. The van der Waals surface area contributed by atoms with Crippen LogP contribution in [0.2, 0.25) is 0 Å². The first-order chi connectivity index (χ1) is 23.5. The molecule has 18 nitrogen and oxygen atoms in total. The van der Waals surface area contributed by atoms with Crippen LogP contribution in [0.15, 0.2) is 25.3 Å². The lowest BCUT2D eigenvalue weighted by atomic mass is 9.92. The van der Waals surface area contributed by atoms with Gasteiger partial charge >= 0.3 is 23.9 Å². The van der Waals surface area contributed by atoms with E-state index in [9.17, 15) is 38.4 Å². The third kappa shape index (κ3) is 17.8. The van der Waals surface area contributed by atoms with E-state index in [1.807, 2.05) is 0 Å². The Labute approximate surface area is 297 Å². The number of imide groups is 2. The van der Waals surface area contributed by atoms with E-state index < -0.39 is 52.9 Å². The topological polar surface area (TPSA) is 217 Å². The average molecular weight is 731 g/mol. The second kappa shape index (κ2) is 25.4. The summed E-state index contributed by atoms with van der Waals surface area (Å²) in [5.74, 6) is -5.38. The Bertz CT molecular complexity index is 1100. The van der Waals surface area contributed by atoms with Gasteiger partial charge in [-0.2, -0.15) is 0 Å². The summed E-state index contributed by atoms with van der Waals surface area (Å²) in [4.78, 5) is 104. The number of hydrogen-bond acceptors (Lipinski definition) is 16. The van der Waals surface area contributed by atoms with Crippen LogP contribution in [0.1, 0.15) is 66.2 Å². The van der Waals surface area contributed by atoms with Crippen molar-refractivity contribution in [3.8, 4) is 0 Å². The predicted octanol–water partition coefficient (Wildman–Crippen LogP) is 1.54.